The minimum Gasteiger partial charge on any atom is -0.494 e. The second-order valence-electron chi connectivity index (χ2n) is 4.15. The van der Waals surface area contributed by atoms with Gasteiger partial charge in [-0.2, -0.15) is 0 Å². The highest BCUT2D eigenvalue weighted by molar-refractivity contribution is 6.30. The largest absolute Gasteiger partial charge is 0.494 e. The Labute approximate surface area is 126 Å². The van der Waals surface area contributed by atoms with Gasteiger partial charge in [-0.1, -0.05) is 23.7 Å². The van der Waals surface area contributed by atoms with Crippen LogP contribution in [0.2, 0.25) is 5.02 Å². The highest BCUT2D eigenvalue weighted by Crippen LogP contribution is 2.33. The van der Waals surface area contributed by atoms with Gasteiger partial charge in [-0.3, -0.25) is 0 Å². The topological polar surface area (TPSA) is 9.23 Å². The molecular weight excluding hydrogens is 305 g/mol. The summed E-state index contributed by atoms with van der Waals surface area (Å²) < 4.78 is 32.5. The van der Waals surface area contributed by atoms with Gasteiger partial charge in [0.15, 0.2) is 0 Å². The number of ether oxygens (including phenoxy) is 1. The number of alkyl halides is 1. The molecule has 0 radical (unpaired) electrons. The van der Waals surface area contributed by atoms with Gasteiger partial charge in [0.2, 0.25) is 0 Å². The molecule has 2 aromatic carbocycles. The molecule has 0 fully saturated rings. The Morgan fingerprint density at radius 3 is 2.35 bits per heavy atom. The molecule has 1 nitrogen and oxygen atoms in total. The maximum absolute atomic E-state index is 13.8. The molecule has 0 aliphatic rings. The van der Waals surface area contributed by atoms with Crippen molar-refractivity contribution in [2.75, 3.05) is 6.61 Å². The standard InChI is InChI=1S/C15H12Cl2F2O/c1-2-20-10-5-3-9(4-6-10)15(17)11-7-14(19)12(16)8-13(11)18/h3-8,15H,2H2,1H3. The first-order valence-corrected chi connectivity index (χ1v) is 6.85. The van der Waals surface area contributed by atoms with E-state index in [1.54, 1.807) is 24.3 Å². The van der Waals surface area contributed by atoms with E-state index in [0.29, 0.717) is 17.9 Å². The molecule has 1 unspecified atom stereocenters. The van der Waals surface area contributed by atoms with Crippen LogP contribution in [0, 0.1) is 11.6 Å². The molecule has 0 heterocycles. The van der Waals surface area contributed by atoms with Crippen LogP contribution in [0.4, 0.5) is 8.78 Å². The minimum absolute atomic E-state index is 0.0535. The summed E-state index contributed by atoms with van der Waals surface area (Å²) in [6.45, 7) is 2.44. The monoisotopic (exact) mass is 316 g/mol. The zero-order chi connectivity index (χ0) is 14.7. The van der Waals surface area contributed by atoms with Crippen molar-refractivity contribution in [2.24, 2.45) is 0 Å². The van der Waals surface area contributed by atoms with E-state index in [-0.39, 0.29) is 10.6 Å². The van der Waals surface area contributed by atoms with Crippen molar-refractivity contribution in [2.45, 2.75) is 12.3 Å². The molecule has 0 bridgehead atoms. The quantitative estimate of drug-likeness (QED) is 0.546. The van der Waals surface area contributed by atoms with E-state index in [9.17, 15) is 8.78 Å². The first kappa shape index (κ1) is 15.1. The average Bonchev–Trinajstić information content (AvgIpc) is 2.43. The molecule has 0 aliphatic heterocycles. The maximum atomic E-state index is 13.8. The van der Waals surface area contributed by atoms with E-state index in [4.69, 9.17) is 27.9 Å². The molecular formula is C15H12Cl2F2O. The summed E-state index contributed by atoms with van der Waals surface area (Å²) >= 11 is 11.7. The van der Waals surface area contributed by atoms with Crippen LogP contribution in [0.3, 0.4) is 0 Å². The summed E-state index contributed by atoms with van der Waals surface area (Å²) in [5.74, 6) is -0.632. The number of hydrogen-bond donors (Lipinski definition) is 0. The molecule has 0 N–H and O–H groups in total. The van der Waals surface area contributed by atoms with Gasteiger partial charge in [0, 0.05) is 5.56 Å². The Morgan fingerprint density at radius 1 is 1.10 bits per heavy atom. The minimum atomic E-state index is -0.794. The molecule has 0 spiro atoms. The van der Waals surface area contributed by atoms with Crippen molar-refractivity contribution < 1.29 is 13.5 Å². The van der Waals surface area contributed by atoms with Gasteiger partial charge in [0.05, 0.1) is 17.0 Å². The van der Waals surface area contributed by atoms with E-state index in [1.807, 2.05) is 6.92 Å². The highest BCUT2D eigenvalue weighted by Gasteiger charge is 2.18. The molecule has 0 amide bonds. The number of rotatable bonds is 4. The molecule has 0 aliphatic carbocycles. The SMILES string of the molecule is CCOc1ccc(C(Cl)c2cc(F)c(Cl)cc2F)cc1. The summed E-state index contributed by atoms with van der Waals surface area (Å²) in [7, 11) is 0. The van der Waals surface area contributed by atoms with Crippen LogP contribution in [0.15, 0.2) is 36.4 Å². The second-order valence-corrected chi connectivity index (χ2v) is 5.00. The van der Waals surface area contributed by atoms with Crippen molar-refractivity contribution >= 4 is 23.2 Å². The molecule has 106 valence electrons. The molecule has 2 rings (SSSR count). The van der Waals surface area contributed by atoms with Crippen LogP contribution in [-0.4, -0.2) is 6.61 Å². The third kappa shape index (κ3) is 3.22. The lowest BCUT2D eigenvalue weighted by Crippen LogP contribution is -1.99. The van der Waals surface area contributed by atoms with Crippen molar-refractivity contribution in [3.63, 3.8) is 0 Å². The van der Waals surface area contributed by atoms with E-state index in [0.717, 1.165) is 12.1 Å². The molecule has 0 aromatic heterocycles. The Kier molecular flexibility index (Phi) is 4.84. The van der Waals surface area contributed by atoms with Gasteiger partial charge >= 0.3 is 0 Å². The van der Waals surface area contributed by atoms with Crippen molar-refractivity contribution in [3.05, 3.63) is 64.2 Å². The summed E-state index contributed by atoms with van der Waals surface area (Å²) in [6.07, 6.45) is 0. The molecule has 0 saturated carbocycles. The van der Waals surface area contributed by atoms with Crippen LogP contribution in [0.5, 0.6) is 5.75 Å². The van der Waals surface area contributed by atoms with E-state index in [1.165, 1.54) is 0 Å². The van der Waals surface area contributed by atoms with Gasteiger partial charge in [-0.05, 0) is 36.8 Å². The fraction of sp³-hybridized carbons (Fsp3) is 0.200. The van der Waals surface area contributed by atoms with Gasteiger partial charge in [-0.15, -0.1) is 11.6 Å². The number of hydrogen-bond acceptors (Lipinski definition) is 1. The Hall–Kier alpha value is -1.32. The Balaban J connectivity index is 2.31. The summed E-state index contributed by atoms with van der Waals surface area (Å²) in [6, 6.07) is 8.85. The maximum Gasteiger partial charge on any atom is 0.142 e. The molecule has 1 atom stereocenters. The first-order chi connectivity index (χ1) is 9.52. The number of benzene rings is 2. The lowest BCUT2D eigenvalue weighted by atomic mass is 10.0. The van der Waals surface area contributed by atoms with Crippen molar-refractivity contribution in [1.82, 2.24) is 0 Å². The Bertz CT molecular complexity index is 600. The highest BCUT2D eigenvalue weighted by atomic mass is 35.5. The van der Waals surface area contributed by atoms with E-state index in [2.05, 4.69) is 0 Å². The van der Waals surface area contributed by atoms with Gasteiger partial charge in [-0.25, -0.2) is 8.78 Å². The lowest BCUT2D eigenvalue weighted by molar-refractivity contribution is 0.340. The second kappa shape index (κ2) is 6.42. The molecule has 20 heavy (non-hydrogen) atoms. The van der Waals surface area contributed by atoms with Gasteiger partial charge in [0.25, 0.3) is 0 Å². The number of halogens is 4. The zero-order valence-electron chi connectivity index (χ0n) is 10.7. The first-order valence-electron chi connectivity index (χ1n) is 6.04. The predicted molar refractivity (Wildman–Crippen MR) is 76.7 cm³/mol. The third-order valence-corrected chi connectivity index (χ3v) is 3.57. The predicted octanol–water partition coefficient (Wildman–Crippen LogP) is 5.35. The normalized spacial score (nSPS) is 12.2. The summed E-state index contributed by atoms with van der Waals surface area (Å²) in [5, 5.41) is -1.06. The summed E-state index contributed by atoms with van der Waals surface area (Å²) in [5.41, 5.74) is 0.702. The van der Waals surface area contributed by atoms with Gasteiger partial charge < -0.3 is 4.74 Å². The smallest absolute Gasteiger partial charge is 0.142 e. The molecule has 0 saturated heterocycles. The van der Waals surface area contributed by atoms with Crippen LogP contribution in [-0.2, 0) is 0 Å². The van der Waals surface area contributed by atoms with Crippen molar-refractivity contribution in [1.29, 1.82) is 0 Å². The van der Waals surface area contributed by atoms with E-state index < -0.39 is 17.0 Å². The lowest BCUT2D eigenvalue weighted by Gasteiger charge is -2.13. The van der Waals surface area contributed by atoms with Crippen LogP contribution >= 0.6 is 23.2 Å². The van der Waals surface area contributed by atoms with Gasteiger partial charge in [0.1, 0.15) is 17.4 Å². The fourth-order valence-corrected chi connectivity index (χ4v) is 2.27. The zero-order valence-corrected chi connectivity index (χ0v) is 12.2. The molecule has 2 aromatic rings. The van der Waals surface area contributed by atoms with Crippen LogP contribution in [0.25, 0.3) is 0 Å². The average molecular weight is 317 g/mol. The Morgan fingerprint density at radius 2 is 1.75 bits per heavy atom. The fourth-order valence-electron chi connectivity index (χ4n) is 1.81. The van der Waals surface area contributed by atoms with Crippen LogP contribution in [0.1, 0.15) is 23.4 Å². The van der Waals surface area contributed by atoms with Crippen LogP contribution < -0.4 is 4.74 Å². The van der Waals surface area contributed by atoms with Crippen molar-refractivity contribution in [3.8, 4) is 5.75 Å². The van der Waals surface area contributed by atoms with E-state index >= 15 is 0 Å². The third-order valence-electron chi connectivity index (χ3n) is 2.80. The summed E-state index contributed by atoms with van der Waals surface area (Å²) in [4.78, 5) is 0. The molecule has 5 heteroatoms.